The molecule has 2 aromatic rings. The lowest BCUT2D eigenvalue weighted by Gasteiger charge is -2.16. The Labute approximate surface area is 136 Å². The molecule has 4 nitrogen and oxygen atoms in total. The summed E-state index contributed by atoms with van der Waals surface area (Å²) in [5.74, 6) is -0.0475. The van der Waals surface area contributed by atoms with E-state index in [1.165, 1.54) is 11.3 Å². The largest absolute Gasteiger partial charge is 0.335 e. The molecule has 2 rings (SSSR count). The lowest BCUT2D eigenvalue weighted by Crippen LogP contribution is -2.26. The van der Waals surface area contributed by atoms with Crippen molar-refractivity contribution >= 4 is 60.7 Å². The molecule has 102 valence electrons. The number of halogens is 3. The number of rotatable bonds is 3. The number of hydrogen-bond donors (Lipinski definition) is 0. The zero-order chi connectivity index (χ0) is 14.2. The maximum absolute atomic E-state index is 12.3. The predicted molar refractivity (Wildman–Crippen MR) is 83.7 cm³/mol. The van der Waals surface area contributed by atoms with Crippen molar-refractivity contribution in [3.8, 4) is 0 Å². The molecule has 0 aromatic carbocycles. The van der Waals surface area contributed by atoms with E-state index in [0.717, 1.165) is 14.0 Å². The van der Waals surface area contributed by atoms with Crippen LogP contribution in [-0.2, 0) is 13.6 Å². The highest BCUT2D eigenvalue weighted by atomic mass is 79.9. The van der Waals surface area contributed by atoms with Crippen molar-refractivity contribution in [2.75, 3.05) is 7.05 Å². The van der Waals surface area contributed by atoms with Crippen LogP contribution >= 0.6 is 54.8 Å². The molecule has 0 bridgehead atoms. The van der Waals surface area contributed by atoms with Crippen molar-refractivity contribution in [1.29, 1.82) is 0 Å². The molecule has 0 saturated heterocycles. The van der Waals surface area contributed by atoms with E-state index in [1.54, 1.807) is 35.9 Å². The van der Waals surface area contributed by atoms with E-state index in [1.807, 2.05) is 0 Å². The molecule has 0 atom stereocenters. The Hall–Kier alpha value is -0.370. The van der Waals surface area contributed by atoms with Gasteiger partial charge in [-0.3, -0.25) is 9.48 Å². The van der Waals surface area contributed by atoms with E-state index in [0.29, 0.717) is 16.4 Å². The van der Waals surface area contributed by atoms with Gasteiger partial charge in [0.2, 0.25) is 0 Å². The van der Waals surface area contributed by atoms with Crippen LogP contribution in [-0.4, -0.2) is 27.6 Å². The molecule has 0 saturated carbocycles. The Morgan fingerprint density at radius 1 is 1.58 bits per heavy atom. The first-order chi connectivity index (χ1) is 8.90. The average molecular weight is 428 g/mol. The number of aromatic nitrogens is 2. The highest BCUT2D eigenvalue weighted by molar-refractivity contribution is 9.13. The van der Waals surface area contributed by atoms with Gasteiger partial charge < -0.3 is 4.90 Å². The molecule has 0 aliphatic rings. The molecular formula is C11H10Br2ClN3OS. The normalized spacial score (nSPS) is 10.8. The second-order valence-electron chi connectivity index (χ2n) is 3.96. The zero-order valence-electron chi connectivity index (χ0n) is 10.2. The van der Waals surface area contributed by atoms with E-state index in [4.69, 9.17) is 11.6 Å². The fourth-order valence-corrected chi connectivity index (χ4v) is 3.81. The van der Waals surface area contributed by atoms with Gasteiger partial charge in [0.05, 0.1) is 32.1 Å². The molecule has 19 heavy (non-hydrogen) atoms. The third-order valence-corrected chi connectivity index (χ3v) is 6.16. The summed E-state index contributed by atoms with van der Waals surface area (Å²) in [4.78, 5) is 14.6. The van der Waals surface area contributed by atoms with Gasteiger partial charge in [-0.15, -0.1) is 11.3 Å². The highest BCUT2D eigenvalue weighted by Crippen LogP contribution is 2.33. The maximum atomic E-state index is 12.3. The van der Waals surface area contributed by atoms with Crippen LogP contribution < -0.4 is 0 Å². The number of amides is 1. The second kappa shape index (κ2) is 5.95. The lowest BCUT2D eigenvalue weighted by atomic mass is 10.3. The SMILES string of the molecule is CN(Cc1c(Cl)cnn1C)C(=O)c1cc(Br)c(Br)s1. The van der Waals surface area contributed by atoms with Crippen LogP contribution in [0.2, 0.25) is 5.02 Å². The third-order valence-electron chi connectivity index (χ3n) is 2.60. The molecule has 1 amide bonds. The highest BCUT2D eigenvalue weighted by Gasteiger charge is 2.18. The van der Waals surface area contributed by atoms with Crippen molar-refractivity contribution in [3.63, 3.8) is 0 Å². The van der Waals surface area contributed by atoms with E-state index in [-0.39, 0.29) is 5.91 Å². The molecule has 0 spiro atoms. The second-order valence-corrected chi connectivity index (χ2v) is 7.59. The van der Waals surface area contributed by atoms with Gasteiger partial charge in [-0.05, 0) is 37.9 Å². The van der Waals surface area contributed by atoms with Gasteiger partial charge in [-0.25, -0.2) is 0 Å². The molecule has 2 aromatic heterocycles. The van der Waals surface area contributed by atoms with Crippen LogP contribution in [0, 0.1) is 0 Å². The first-order valence-corrected chi connectivity index (χ1v) is 8.05. The third kappa shape index (κ3) is 3.21. The van der Waals surface area contributed by atoms with Crippen molar-refractivity contribution in [3.05, 3.63) is 36.1 Å². The molecule has 0 fully saturated rings. The van der Waals surface area contributed by atoms with Crippen LogP contribution in [0.1, 0.15) is 15.4 Å². The maximum Gasteiger partial charge on any atom is 0.264 e. The van der Waals surface area contributed by atoms with Crippen LogP contribution in [0.3, 0.4) is 0 Å². The summed E-state index contributed by atoms with van der Waals surface area (Å²) in [6, 6.07) is 1.80. The van der Waals surface area contributed by atoms with Crippen molar-refractivity contribution < 1.29 is 4.79 Å². The number of hydrogen-bond acceptors (Lipinski definition) is 3. The summed E-state index contributed by atoms with van der Waals surface area (Å²) < 4.78 is 3.46. The summed E-state index contributed by atoms with van der Waals surface area (Å²) in [5, 5.41) is 4.62. The van der Waals surface area contributed by atoms with Crippen LogP contribution in [0.4, 0.5) is 0 Å². The number of thiophene rings is 1. The summed E-state index contributed by atoms with van der Waals surface area (Å²) >= 11 is 14.2. The summed E-state index contributed by atoms with van der Waals surface area (Å²) in [6.45, 7) is 0.418. The van der Waals surface area contributed by atoms with Gasteiger partial charge in [0.25, 0.3) is 5.91 Å². The van der Waals surface area contributed by atoms with Gasteiger partial charge in [-0.1, -0.05) is 11.6 Å². The molecule has 0 radical (unpaired) electrons. The number of nitrogens with zero attached hydrogens (tertiary/aromatic N) is 3. The summed E-state index contributed by atoms with van der Waals surface area (Å²) in [6.07, 6.45) is 1.58. The van der Waals surface area contributed by atoms with Crippen LogP contribution in [0.15, 0.2) is 20.5 Å². The topological polar surface area (TPSA) is 38.1 Å². The van der Waals surface area contributed by atoms with Crippen molar-refractivity contribution in [1.82, 2.24) is 14.7 Å². The van der Waals surface area contributed by atoms with Gasteiger partial charge >= 0.3 is 0 Å². The van der Waals surface area contributed by atoms with E-state index >= 15 is 0 Å². The molecular weight excluding hydrogens is 417 g/mol. The minimum atomic E-state index is -0.0475. The van der Waals surface area contributed by atoms with Gasteiger partial charge in [0.1, 0.15) is 0 Å². The standard InChI is InChI=1S/C11H10Br2ClN3OS/c1-16(5-8-7(14)4-15-17(8)2)11(18)9-3-6(12)10(13)19-9/h3-4H,5H2,1-2H3. The monoisotopic (exact) mass is 425 g/mol. The molecule has 0 aliphatic heterocycles. The minimum Gasteiger partial charge on any atom is -0.335 e. The molecule has 0 N–H and O–H groups in total. The fourth-order valence-electron chi connectivity index (χ4n) is 1.55. The lowest BCUT2D eigenvalue weighted by molar-refractivity contribution is 0.0787. The molecule has 2 heterocycles. The van der Waals surface area contributed by atoms with E-state index in [9.17, 15) is 4.79 Å². The Balaban J connectivity index is 2.16. The number of aryl methyl sites for hydroxylation is 1. The quantitative estimate of drug-likeness (QED) is 0.744. The minimum absolute atomic E-state index is 0.0475. The van der Waals surface area contributed by atoms with Gasteiger partial charge in [0, 0.05) is 18.6 Å². The fraction of sp³-hybridized carbons (Fsp3) is 0.273. The van der Waals surface area contributed by atoms with E-state index in [2.05, 4.69) is 37.0 Å². The van der Waals surface area contributed by atoms with Gasteiger partial charge in [-0.2, -0.15) is 5.10 Å². The Morgan fingerprint density at radius 3 is 2.74 bits per heavy atom. The molecule has 0 unspecified atom stereocenters. The van der Waals surface area contributed by atoms with Gasteiger partial charge in [0.15, 0.2) is 0 Å². The Morgan fingerprint density at radius 2 is 2.26 bits per heavy atom. The number of carbonyl (C=O) groups excluding carboxylic acids is 1. The number of carbonyl (C=O) groups is 1. The molecule has 8 heteroatoms. The average Bonchev–Trinajstić information content (AvgIpc) is 2.85. The molecule has 0 aliphatic carbocycles. The zero-order valence-corrected chi connectivity index (χ0v) is 14.9. The summed E-state index contributed by atoms with van der Waals surface area (Å²) in [5.41, 5.74) is 0.812. The summed E-state index contributed by atoms with van der Waals surface area (Å²) in [7, 11) is 3.55. The Kier molecular flexibility index (Phi) is 4.70. The van der Waals surface area contributed by atoms with Crippen LogP contribution in [0.25, 0.3) is 0 Å². The smallest absolute Gasteiger partial charge is 0.264 e. The predicted octanol–water partition coefficient (Wildman–Crippen LogP) is 3.93. The first-order valence-electron chi connectivity index (χ1n) is 5.26. The van der Waals surface area contributed by atoms with Crippen LogP contribution in [0.5, 0.6) is 0 Å². The van der Waals surface area contributed by atoms with Crippen molar-refractivity contribution in [2.24, 2.45) is 7.05 Å². The van der Waals surface area contributed by atoms with Crippen molar-refractivity contribution in [2.45, 2.75) is 6.54 Å². The van der Waals surface area contributed by atoms with E-state index < -0.39 is 0 Å². The first kappa shape index (κ1) is 15.0. The Bertz CT molecular complexity index is 586.